The smallest absolute Gasteiger partial charge is 0.272 e. The molecule has 1 N–H and O–H groups in total. The Morgan fingerprint density at radius 1 is 1.00 bits per heavy atom. The van der Waals surface area contributed by atoms with Gasteiger partial charge in [0.25, 0.3) is 5.91 Å². The van der Waals surface area contributed by atoms with Gasteiger partial charge in [-0.2, -0.15) is 0 Å². The molecule has 2 aromatic carbocycles. The lowest BCUT2D eigenvalue weighted by Gasteiger charge is -2.13. The number of rotatable bonds is 4. The number of hydrogen-bond donors (Lipinski definition) is 1. The zero-order chi connectivity index (χ0) is 19.0. The van der Waals surface area contributed by atoms with Gasteiger partial charge in [-0.25, -0.2) is 0 Å². The van der Waals surface area contributed by atoms with Crippen LogP contribution in [0.25, 0.3) is 11.1 Å². The Hall–Kier alpha value is -3.27. The summed E-state index contributed by atoms with van der Waals surface area (Å²) >= 11 is 0. The standard InChI is InChI=1S/C23H22N2O2/c1-15-8-9-17(3)19(12-15)24-23(26)21-13-22-20(10-11-27-22)25(21)14-18-7-5-4-6-16(18)2/h4-13H,14H2,1-3H3,(H,24,26). The molecule has 136 valence electrons. The Morgan fingerprint density at radius 3 is 2.63 bits per heavy atom. The Kier molecular flexibility index (Phi) is 4.32. The van der Waals surface area contributed by atoms with Crippen molar-refractivity contribution in [2.75, 3.05) is 5.32 Å². The minimum atomic E-state index is -0.135. The monoisotopic (exact) mass is 358 g/mol. The summed E-state index contributed by atoms with van der Waals surface area (Å²) in [5.74, 6) is -0.135. The van der Waals surface area contributed by atoms with Gasteiger partial charge in [0.15, 0.2) is 5.58 Å². The van der Waals surface area contributed by atoms with Crippen LogP contribution in [-0.2, 0) is 6.54 Å². The number of nitrogens with zero attached hydrogens (tertiary/aromatic N) is 1. The van der Waals surface area contributed by atoms with E-state index in [2.05, 4.69) is 24.4 Å². The molecule has 4 heteroatoms. The van der Waals surface area contributed by atoms with Crippen LogP contribution in [0.3, 0.4) is 0 Å². The summed E-state index contributed by atoms with van der Waals surface area (Å²) in [6, 6.07) is 18.0. The molecule has 4 aromatic rings. The number of furan rings is 1. The van der Waals surface area contributed by atoms with Crippen LogP contribution in [0.2, 0.25) is 0 Å². The van der Waals surface area contributed by atoms with E-state index in [4.69, 9.17) is 4.42 Å². The molecule has 0 unspecified atom stereocenters. The first-order chi connectivity index (χ1) is 13.0. The highest BCUT2D eigenvalue weighted by atomic mass is 16.3. The molecular formula is C23H22N2O2. The van der Waals surface area contributed by atoms with Crippen LogP contribution < -0.4 is 5.32 Å². The van der Waals surface area contributed by atoms with Crippen LogP contribution in [0.5, 0.6) is 0 Å². The Morgan fingerprint density at radius 2 is 1.81 bits per heavy atom. The third-order valence-electron chi connectivity index (χ3n) is 4.99. The highest BCUT2D eigenvalue weighted by molar-refractivity contribution is 6.06. The maximum atomic E-state index is 13.1. The molecule has 0 atom stereocenters. The Balaban J connectivity index is 1.73. The summed E-state index contributed by atoms with van der Waals surface area (Å²) in [7, 11) is 0. The summed E-state index contributed by atoms with van der Waals surface area (Å²) in [5, 5.41) is 3.06. The van der Waals surface area contributed by atoms with E-state index in [9.17, 15) is 4.79 Å². The molecule has 0 bridgehead atoms. The van der Waals surface area contributed by atoms with Crippen LogP contribution in [0.15, 0.2) is 65.3 Å². The SMILES string of the molecule is Cc1ccc(C)c(NC(=O)c2cc3occc3n2Cc2ccccc2C)c1. The minimum absolute atomic E-state index is 0.135. The molecule has 0 aliphatic rings. The molecule has 4 rings (SSSR count). The largest absolute Gasteiger partial charge is 0.463 e. The van der Waals surface area contributed by atoms with E-state index in [1.165, 1.54) is 11.1 Å². The number of amides is 1. The molecule has 1 amide bonds. The predicted octanol–water partition coefficient (Wildman–Crippen LogP) is 5.46. The molecule has 0 radical (unpaired) electrons. The normalized spacial score (nSPS) is 11.1. The number of carbonyl (C=O) groups is 1. The average molecular weight is 358 g/mol. The second kappa shape index (κ2) is 6.80. The van der Waals surface area contributed by atoms with Gasteiger partial charge in [0.2, 0.25) is 0 Å². The second-order valence-electron chi connectivity index (χ2n) is 6.98. The number of fused-ring (bicyclic) bond motifs is 1. The quantitative estimate of drug-likeness (QED) is 0.526. The second-order valence-corrected chi connectivity index (χ2v) is 6.98. The predicted molar refractivity (Wildman–Crippen MR) is 108 cm³/mol. The summed E-state index contributed by atoms with van der Waals surface area (Å²) < 4.78 is 7.57. The van der Waals surface area contributed by atoms with Crippen LogP contribution >= 0.6 is 0 Å². The van der Waals surface area contributed by atoms with Crippen molar-refractivity contribution < 1.29 is 9.21 Å². The number of anilines is 1. The van der Waals surface area contributed by atoms with E-state index >= 15 is 0 Å². The number of carbonyl (C=O) groups excluding carboxylic acids is 1. The van der Waals surface area contributed by atoms with Gasteiger partial charge in [-0.05, 0) is 49.1 Å². The van der Waals surface area contributed by atoms with E-state index < -0.39 is 0 Å². The molecule has 0 saturated heterocycles. The van der Waals surface area contributed by atoms with Crippen molar-refractivity contribution in [3.8, 4) is 0 Å². The lowest BCUT2D eigenvalue weighted by atomic mass is 10.1. The molecule has 0 saturated carbocycles. The van der Waals surface area contributed by atoms with Gasteiger partial charge in [-0.3, -0.25) is 4.79 Å². The summed E-state index contributed by atoms with van der Waals surface area (Å²) in [6.07, 6.45) is 1.66. The molecule has 27 heavy (non-hydrogen) atoms. The van der Waals surface area contributed by atoms with Crippen molar-refractivity contribution in [2.24, 2.45) is 0 Å². The van der Waals surface area contributed by atoms with Gasteiger partial charge in [-0.1, -0.05) is 36.4 Å². The zero-order valence-electron chi connectivity index (χ0n) is 15.7. The zero-order valence-corrected chi connectivity index (χ0v) is 15.7. The average Bonchev–Trinajstić information content (AvgIpc) is 3.22. The molecule has 4 nitrogen and oxygen atoms in total. The first-order valence-corrected chi connectivity index (χ1v) is 9.03. The van der Waals surface area contributed by atoms with Crippen molar-refractivity contribution >= 4 is 22.7 Å². The molecule has 2 aromatic heterocycles. The molecular weight excluding hydrogens is 336 g/mol. The van der Waals surface area contributed by atoms with Crippen LogP contribution in [0, 0.1) is 20.8 Å². The van der Waals surface area contributed by atoms with E-state index in [0.717, 1.165) is 27.9 Å². The number of benzene rings is 2. The topological polar surface area (TPSA) is 47.2 Å². The molecule has 0 spiro atoms. The third-order valence-corrected chi connectivity index (χ3v) is 4.99. The van der Waals surface area contributed by atoms with E-state index in [0.29, 0.717) is 12.2 Å². The number of aromatic nitrogens is 1. The molecule has 2 heterocycles. The summed E-state index contributed by atoms with van der Waals surface area (Å²) in [6.45, 7) is 6.71. The summed E-state index contributed by atoms with van der Waals surface area (Å²) in [5.41, 5.74) is 7.59. The fourth-order valence-corrected chi connectivity index (χ4v) is 3.35. The maximum Gasteiger partial charge on any atom is 0.272 e. The minimum Gasteiger partial charge on any atom is -0.463 e. The summed E-state index contributed by atoms with van der Waals surface area (Å²) in [4.78, 5) is 13.1. The van der Waals surface area contributed by atoms with Crippen LogP contribution in [0.1, 0.15) is 32.7 Å². The fraction of sp³-hybridized carbons (Fsp3) is 0.174. The van der Waals surface area contributed by atoms with Gasteiger partial charge in [0, 0.05) is 24.4 Å². The van der Waals surface area contributed by atoms with Gasteiger partial charge in [0.1, 0.15) is 5.69 Å². The van der Waals surface area contributed by atoms with Gasteiger partial charge in [0.05, 0.1) is 11.8 Å². The lowest BCUT2D eigenvalue weighted by molar-refractivity contribution is 0.101. The van der Waals surface area contributed by atoms with Crippen LogP contribution in [-0.4, -0.2) is 10.5 Å². The third kappa shape index (κ3) is 3.26. The highest BCUT2D eigenvalue weighted by Crippen LogP contribution is 2.25. The first-order valence-electron chi connectivity index (χ1n) is 9.03. The van der Waals surface area contributed by atoms with Crippen molar-refractivity contribution in [1.82, 2.24) is 4.57 Å². The number of aryl methyl sites for hydroxylation is 3. The van der Waals surface area contributed by atoms with E-state index in [-0.39, 0.29) is 5.91 Å². The Bertz CT molecular complexity index is 1130. The van der Waals surface area contributed by atoms with Crippen molar-refractivity contribution in [1.29, 1.82) is 0 Å². The molecule has 0 aliphatic heterocycles. The van der Waals surface area contributed by atoms with Crippen molar-refractivity contribution in [2.45, 2.75) is 27.3 Å². The van der Waals surface area contributed by atoms with Gasteiger partial charge in [-0.15, -0.1) is 0 Å². The molecule has 0 fully saturated rings. The van der Waals surface area contributed by atoms with E-state index in [1.54, 1.807) is 6.26 Å². The van der Waals surface area contributed by atoms with Crippen LogP contribution in [0.4, 0.5) is 5.69 Å². The molecule has 0 aliphatic carbocycles. The van der Waals surface area contributed by atoms with E-state index in [1.807, 2.05) is 60.9 Å². The maximum absolute atomic E-state index is 13.1. The number of hydrogen-bond acceptors (Lipinski definition) is 2. The lowest BCUT2D eigenvalue weighted by Crippen LogP contribution is -2.18. The highest BCUT2D eigenvalue weighted by Gasteiger charge is 2.19. The van der Waals surface area contributed by atoms with Gasteiger partial charge < -0.3 is 14.3 Å². The fourth-order valence-electron chi connectivity index (χ4n) is 3.35. The number of nitrogens with one attached hydrogen (secondary N) is 1. The van der Waals surface area contributed by atoms with Gasteiger partial charge >= 0.3 is 0 Å². The first kappa shape index (κ1) is 17.2. The van der Waals surface area contributed by atoms with Crippen molar-refractivity contribution in [3.05, 3.63) is 88.8 Å². The van der Waals surface area contributed by atoms with Crippen molar-refractivity contribution in [3.63, 3.8) is 0 Å². The Labute approximate surface area is 158 Å².